The Morgan fingerprint density at radius 1 is 1.00 bits per heavy atom. The number of nitrogens with zero attached hydrogens (tertiary/aromatic N) is 1. The van der Waals surface area contributed by atoms with E-state index in [1.54, 1.807) is 0 Å². The summed E-state index contributed by atoms with van der Waals surface area (Å²) >= 11 is 0. The van der Waals surface area contributed by atoms with Crippen molar-refractivity contribution in [1.29, 1.82) is 0 Å². The summed E-state index contributed by atoms with van der Waals surface area (Å²) in [6.45, 7) is 4.37. The Bertz CT molecular complexity index is 1060. The van der Waals surface area contributed by atoms with E-state index in [1.807, 2.05) is 48.5 Å². The summed E-state index contributed by atoms with van der Waals surface area (Å²) in [7, 11) is 0. The molecule has 0 spiro atoms. The van der Waals surface area contributed by atoms with Crippen LogP contribution in [0.3, 0.4) is 0 Å². The zero-order valence-corrected chi connectivity index (χ0v) is 22.7. The number of aliphatic hydroxyl groups excluding tert-OH is 2. The van der Waals surface area contributed by atoms with Crippen molar-refractivity contribution in [3.05, 3.63) is 65.2 Å². The second-order valence-corrected chi connectivity index (χ2v) is 10.5. The van der Waals surface area contributed by atoms with Crippen LogP contribution in [-0.2, 0) is 25.7 Å². The van der Waals surface area contributed by atoms with E-state index in [2.05, 4.69) is 15.5 Å². The molecule has 2 fully saturated rings. The van der Waals surface area contributed by atoms with Crippen molar-refractivity contribution in [2.45, 2.75) is 76.7 Å². The van der Waals surface area contributed by atoms with E-state index in [0.717, 1.165) is 61.2 Å². The number of likely N-dealkylation sites (tertiary alicyclic amines) is 1. The Morgan fingerprint density at radius 3 is 2.41 bits per heavy atom. The van der Waals surface area contributed by atoms with Crippen molar-refractivity contribution in [3.8, 4) is 0 Å². The summed E-state index contributed by atoms with van der Waals surface area (Å²) in [5, 5.41) is 25.1. The van der Waals surface area contributed by atoms with E-state index < -0.39 is 6.29 Å². The number of aliphatic hydroxyl groups is 2. The van der Waals surface area contributed by atoms with Crippen LogP contribution in [0.4, 0.5) is 5.69 Å². The number of rotatable bonds is 12. The van der Waals surface area contributed by atoms with E-state index in [0.29, 0.717) is 25.9 Å². The van der Waals surface area contributed by atoms with Crippen molar-refractivity contribution in [1.82, 2.24) is 10.2 Å². The SMILES string of the molecule is CC(=O)NCCCCCC(=O)Nc1ccc([C@H]2O[C@@H](CN3CC[C@H](O)C3)C[C@@H](c3ccc(CO)cc3)O2)cc1. The number of unbranched alkanes of at least 4 members (excludes halogenated alkanes) is 2. The van der Waals surface area contributed by atoms with Gasteiger partial charge >= 0.3 is 0 Å². The molecule has 2 aromatic rings. The zero-order valence-electron chi connectivity index (χ0n) is 22.7. The third-order valence-electron chi connectivity index (χ3n) is 7.25. The number of amides is 2. The number of nitrogens with one attached hydrogen (secondary N) is 2. The Balaban J connectivity index is 1.34. The topological polar surface area (TPSA) is 120 Å². The molecule has 212 valence electrons. The normalized spacial score (nSPS) is 23.5. The maximum Gasteiger partial charge on any atom is 0.224 e. The van der Waals surface area contributed by atoms with Gasteiger partial charge in [0.1, 0.15) is 0 Å². The fraction of sp³-hybridized carbons (Fsp3) is 0.533. The highest BCUT2D eigenvalue weighted by atomic mass is 16.7. The quantitative estimate of drug-likeness (QED) is 0.305. The van der Waals surface area contributed by atoms with Crippen molar-refractivity contribution in [2.24, 2.45) is 0 Å². The van der Waals surface area contributed by atoms with E-state index in [1.165, 1.54) is 6.92 Å². The fourth-order valence-electron chi connectivity index (χ4n) is 5.10. The third kappa shape index (κ3) is 9.12. The highest BCUT2D eigenvalue weighted by Crippen LogP contribution is 2.38. The van der Waals surface area contributed by atoms with Gasteiger partial charge in [0.05, 0.1) is 24.9 Å². The van der Waals surface area contributed by atoms with Crippen molar-refractivity contribution < 1.29 is 29.3 Å². The number of hydrogen-bond acceptors (Lipinski definition) is 7. The van der Waals surface area contributed by atoms with Crippen LogP contribution in [0.25, 0.3) is 0 Å². The van der Waals surface area contributed by atoms with Crippen LogP contribution in [0, 0.1) is 0 Å². The van der Waals surface area contributed by atoms with Crippen LogP contribution in [0.15, 0.2) is 48.5 Å². The van der Waals surface area contributed by atoms with Crippen LogP contribution in [-0.4, -0.2) is 65.3 Å². The second kappa shape index (κ2) is 14.5. The van der Waals surface area contributed by atoms with Gasteiger partial charge in [-0.25, -0.2) is 0 Å². The van der Waals surface area contributed by atoms with Gasteiger partial charge in [-0.2, -0.15) is 0 Å². The van der Waals surface area contributed by atoms with E-state index in [9.17, 15) is 19.8 Å². The smallest absolute Gasteiger partial charge is 0.224 e. The standard InChI is InChI=1S/C30H41N3O6/c1-21(35)31-15-4-2-3-5-29(37)32-25-12-10-24(11-13-25)30-38-27(19-33-16-14-26(36)18-33)17-28(39-30)23-8-6-22(20-34)7-9-23/h6-13,26-28,30,34,36H,2-5,14-20H2,1H3,(H,31,35)(H,32,37)/t26-,27+,28-,30-/m0/s1. The molecule has 9 nitrogen and oxygen atoms in total. The molecular weight excluding hydrogens is 498 g/mol. The average molecular weight is 540 g/mol. The number of carbonyl (C=O) groups is 2. The average Bonchev–Trinajstić information content (AvgIpc) is 3.35. The Kier molecular flexibility index (Phi) is 10.9. The lowest BCUT2D eigenvalue weighted by Gasteiger charge is -2.37. The molecule has 2 saturated heterocycles. The molecule has 0 radical (unpaired) electrons. The molecule has 9 heteroatoms. The molecule has 0 saturated carbocycles. The van der Waals surface area contributed by atoms with Gasteiger partial charge in [0, 0.05) is 57.2 Å². The lowest BCUT2D eigenvalue weighted by atomic mass is 9.99. The van der Waals surface area contributed by atoms with Gasteiger partial charge in [-0.05, 0) is 42.5 Å². The summed E-state index contributed by atoms with van der Waals surface area (Å²) < 4.78 is 12.8. The van der Waals surface area contributed by atoms with Crippen LogP contribution in [0.1, 0.15) is 74.5 Å². The minimum atomic E-state index is -0.563. The minimum absolute atomic E-state index is 0.00105. The predicted molar refractivity (Wildman–Crippen MR) is 148 cm³/mol. The molecule has 2 aliphatic rings. The summed E-state index contributed by atoms with van der Waals surface area (Å²) in [6, 6.07) is 15.4. The first kappa shape index (κ1) is 29.2. The molecule has 4 N–H and O–H groups in total. The van der Waals surface area contributed by atoms with Gasteiger partial charge in [-0.3, -0.25) is 14.5 Å². The van der Waals surface area contributed by atoms with E-state index in [-0.39, 0.29) is 36.7 Å². The Morgan fingerprint density at radius 2 is 1.74 bits per heavy atom. The second-order valence-electron chi connectivity index (χ2n) is 10.5. The van der Waals surface area contributed by atoms with Crippen LogP contribution >= 0.6 is 0 Å². The molecular formula is C30H41N3O6. The van der Waals surface area contributed by atoms with Crippen molar-refractivity contribution >= 4 is 17.5 Å². The molecule has 39 heavy (non-hydrogen) atoms. The van der Waals surface area contributed by atoms with E-state index in [4.69, 9.17) is 9.47 Å². The fourth-order valence-corrected chi connectivity index (χ4v) is 5.10. The lowest BCUT2D eigenvalue weighted by Crippen LogP contribution is -2.38. The van der Waals surface area contributed by atoms with Gasteiger partial charge < -0.3 is 30.3 Å². The molecule has 0 bridgehead atoms. The van der Waals surface area contributed by atoms with E-state index >= 15 is 0 Å². The highest BCUT2D eigenvalue weighted by molar-refractivity contribution is 5.90. The van der Waals surface area contributed by atoms with Crippen LogP contribution < -0.4 is 10.6 Å². The molecule has 4 atom stereocenters. The van der Waals surface area contributed by atoms with Crippen LogP contribution in [0.5, 0.6) is 0 Å². The number of β-amino-alcohol motifs (C(OH)–C–C–N with tert-alkyl or cyclic N) is 1. The molecule has 0 aliphatic carbocycles. The first-order valence-corrected chi connectivity index (χ1v) is 13.9. The largest absolute Gasteiger partial charge is 0.392 e. The monoisotopic (exact) mass is 539 g/mol. The molecule has 0 aromatic heterocycles. The number of hydrogen-bond donors (Lipinski definition) is 4. The van der Waals surface area contributed by atoms with Gasteiger partial charge in [-0.15, -0.1) is 0 Å². The maximum absolute atomic E-state index is 12.3. The van der Waals surface area contributed by atoms with Gasteiger partial charge in [-0.1, -0.05) is 42.8 Å². The molecule has 2 heterocycles. The minimum Gasteiger partial charge on any atom is -0.392 e. The van der Waals surface area contributed by atoms with Crippen molar-refractivity contribution in [2.75, 3.05) is 31.5 Å². The molecule has 0 unspecified atom stereocenters. The van der Waals surface area contributed by atoms with Gasteiger partial charge in [0.25, 0.3) is 0 Å². The highest BCUT2D eigenvalue weighted by Gasteiger charge is 2.34. The third-order valence-corrected chi connectivity index (χ3v) is 7.25. The van der Waals surface area contributed by atoms with Gasteiger partial charge in [0.15, 0.2) is 6.29 Å². The molecule has 4 rings (SSSR count). The summed E-state index contributed by atoms with van der Waals surface area (Å²) in [6.07, 6.45) is 3.33. The zero-order chi connectivity index (χ0) is 27.6. The Labute approximate surface area is 230 Å². The number of ether oxygens (including phenoxy) is 2. The van der Waals surface area contributed by atoms with Crippen LogP contribution in [0.2, 0.25) is 0 Å². The Hall–Kier alpha value is -2.82. The summed E-state index contributed by atoms with van der Waals surface area (Å²) in [5.41, 5.74) is 3.48. The first-order chi connectivity index (χ1) is 18.9. The first-order valence-electron chi connectivity index (χ1n) is 13.9. The maximum atomic E-state index is 12.3. The van der Waals surface area contributed by atoms with Gasteiger partial charge in [0.2, 0.25) is 11.8 Å². The summed E-state index contributed by atoms with van der Waals surface area (Å²) in [5.74, 6) is -0.0684. The summed E-state index contributed by atoms with van der Waals surface area (Å²) in [4.78, 5) is 25.5. The number of anilines is 1. The number of carbonyl (C=O) groups excluding carboxylic acids is 2. The molecule has 2 amide bonds. The molecule has 2 aliphatic heterocycles. The number of benzene rings is 2. The lowest BCUT2D eigenvalue weighted by molar-refractivity contribution is -0.252. The predicted octanol–water partition coefficient (Wildman–Crippen LogP) is 3.43. The molecule has 2 aromatic carbocycles. The van der Waals surface area contributed by atoms with Crippen molar-refractivity contribution in [3.63, 3.8) is 0 Å².